The highest BCUT2D eigenvalue weighted by atomic mass is 16.5. The van der Waals surface area contributed by atoms with E-state index in [-0.39, 0.29) is 6.61 Å². The van der Waals surface area contributed by atoms with Gasteiger partial charge in [-0.1, -0.05) is 48.5 Å². The van der Waals surface area contributed by atoms with E-state index in [4.69, 9.17) is 4.74 Å². The molecular formula is C23H23N3O3. The van der Waals surface area contributed by atoms with Gasteiger partial charge >= 0.3 is 0 Å². The molecule has 29 heavy (non-hydrogen) atoms. The maximum atomic E-state index is 12.2. The molecule has 0 aliphatic carbocycles. The molecule has 0 fully saturated rings. The molecule has 0 saturated heterocycles. The monoisotopic (exact) mass is 389 g/mol. The summed E-state index contributed by atoms with van der Waals surface area (Å²) in [5.41, 5.74) is 8.73. The summed E-state index contributed by atoms with van der Waals surface area (Å²) in [6.07, 6.45) is 0.703. The first-order chi connectivity index (χ1) is 14.0. The Balaban J connectivity index is 1.54. The van der Waals surface area contributed by atoms with E-state index in [0.717, 1.165) is 16.8 Å². The lowest BCUT2D eigenvalue weighted by atomic mass is 10.0. The van der Waals surface area contributed by atoms with Crippen LogP contribution in [0.3, 0.4) is 0 Å². The third-order valence-corrected chi connectivity index (χ3v) is 4.35. The fourth-order valence-corrected chi connectivity index (χ4v) is 2.91. The zero-order valence-electron chi connectivity index (χ0n) is 16.4. The van der Waals surface area contributed by atoms with E-state index in [0.29, 0.717) is 23.4 Å². The third kappa shape index (κ3) is 5.65. The van der Waals surface area contributed by atoms with Gasteiger partial charge in [-0.25, -0.2) is 0 Å². The summed E-state index contributed by atoms with van der Waals surface area (Å²) < 4.78 is 5.67. The highest BCUT2D eigenvalue weighted by Crippen LogP contribution is 2.21. The van der Waals surface area contributed by atoms with E-state index >= 15 is 0 Å². The van der Waals surface area contributed by atoms with Crippen LogP contribution in [-0.4, -0.2) is 23.4 Å². The third-order valence-electron chi connectivity index (χ3n) is 4.35. The first kappa shape index (κ1) is 20.1. The molecule has 148 valence electrons. The summed E-state index contributed by atoms with van der Waals surface area (Å²) in [6, 6.07) is 21.0. The minimum absolute atomic E-state index is 0.211. The van der Waals surface area contributed by atoms with Crippen LogP contribution in [0.2, 0.25) is 0 Å². The lowest BCUT2D eigenvalue weighted by Gasteiger charge is -2.12. The quantitative estimate of drug-likeness (QED) is 0.635. The number of ether oxygens (including phenoxy) is 1. The van der Waals surface area contributed by atoms with E-state index in [2.05, 4.69) is 15.8 Å². The number of aromatic nitrogens is 1. The zero-order valence-corrected chi connectivity index (χ0v) is 16.4. The topological polar surface area (TPSA) is 80.3 Å². The molecule has 6 heteroatoms. The highest BCUT2D eigenvalue weighted by molar-refractivity contribution is 5.96. The zero-order chi connectivity index (χ0) is 20.6. The van der Waals surface area contributed by atoms with Crippen molar-refractivity contribution in [1.29, 1.82) is 0 Å². The van der Waals surface area contributed by atoms with Crippen molar-refractivity contribution in [3.05, 3.63) is 94.8 Å². The standard InChI is InChI=1S/C23H23N3O3/c1-16-12-13-20(17(2)24-16)23(28)26-25-22(27)15-29-21-11-7-6-10-19(21)14-18-8-4-3-5-9-18/h3-13H,14-15H2,1-2H3,(H,25,27)(H,26,28). The largest absolute Gasteiger partial charge is 0.483 e. The Kier molecular flexibility index (Phi) is 6.58. The molecule has 3 aromatic rings. The number of carbonyl (C=O) groups is 2. The van der Waals surface area contributed by atoms with Gasteiger partial charge in [0, 0.05) is 12.1 Å². The van der Waals surface area contributed by atoms with Crippen molar-refractivity contribution in [2.45, 2.75) is 20.3 Å². The van der Waals surface area contributed by atoms with Crippen LogP contribution in [0.15, 0.2) is 66.7 Å². The summed E-state index contributed by atoms with van der Waals surface area (Å²) in [7, 11) is 0. The van der Waals surface area contributed by atoms with Gasteiger partial charge in [0.25, 0.3) is 11.8 Å². The predicted molar refractivity (Wildman–Crippen MR) is 111 cm³/mol. The molecule has 2 aromatic carbocycles. The van der Waals surface area contributed by atoms with E-state index < -0.39 is 11.8 Å². The smallest absolute Gasteiger partial charge is 0.276 e. The first-order valence-electron chi connectivity index (χ1n) is 9.31. The summed E-state index contributed by atoms with van der Waals surface area (Å²) in [4.78, 5) is 28.5. The Morgan fingerprint density at radius 3 is 2.38 bits per heavy atom. The second-order valence-electron chi connectivity index (χ2n) is 6.65. The molecule has 2 amide bonds. The van der Waals surface area contributed by atoms with Crippen molar-refractivity contribution in [2.75, 3.05) is 6.61 Å². The number of nitrogens with one attached hydrogen (secondary N) is 2. The van der Waals surface area contributed by atoms with Gasteiger partial charge in [0.15, 0.2) is 6.61 Å². The minimum Gasteiger partial charge on any atom is -0.483 e. The van der Waals surface area contributed by atoms with Gasteiger partial charge in [-0.05, 0) is 43.2 Å². The number of nitrogens with zero attached hydrogens (tertiary/aromatic N) is 1. The molecular weight excluding hydrogens is 366 g/mol. The Hall–Kier alpha value is -3.67. The minimum atomic E-state index is -0.453. The normalized spacial score (nSPS) is 10.3. The van der Waals surface area contributed by atoms with Crippen molar-refractivity contribution >= 4 is 11.8 Å². The number of hydrogen-bond acceptors (Lipinski definition) is 4. The molecule has 0 aliphatic rings. The fourth-order valence-electron chi connectivity index (χ4n) is 2.91. The summed E-state index contributed by atoms with van der Waals surface area (Å²) in [5.74, 6) is -0.241. The Bertz CT molecular complexity index is 1000. The Labute approximate surface area is 169 Å². The SMILES string of the molecule is Cc1ccc(C(=O)NNC(=O)COc2ccccc2Cc2ccccc2)c(C)n1. The van der Waals surface area contributed by atoms with Gasteiger partial charge in [0.05, 0.1) is 11.3 Å². The van der Waals surface area contributed by atoms with E-state index in [1.807, 2.05) is 61.5 Å². The number of hydrazine groups is 1. The number of hydrogen-bond donors (Lipinski definition) is 2. The van der Waals surface area contributed by atoms with Gasteiger partial charge in [-0.3, -0.25) is 25.4 Å². The van der Waals surface area contributed by atoms with E-state index in [1.54, 1.807) is 19.1 Å². The van der Waals surface area contributed by atoms with Crippen molar-refractivity contribution in [3.8, 4) is 5.75 Å². The maximum Gasteiger partial charge on any atom is 0.276 e. The van der Waals surface area contributed by atoms with E-state index in [1.165, 1.54) is 0 Å². The molecule has 0 spiro atoms. The predicted octanol–water partition coefficient (Wildman–Crippen LogP) is 3.13. The van der Waals surface area contributed by atoms with Gasteiger partial charge < -0.3 is 4.74 Å². The van der Waals surface area contributed by atoms with Crippen LogP contribution >= 0.6 is 0 Å². The van der Waals surface area contributed by atoms with Gasteiger partial charge in [0.1, 0.15) is 5.75 Å². The van der Waals surface area contributed by atoms with Crippen molar-refractivity contribution in [2.24, 2.45) is 0 Å². The number of benzene rings is 2. The van der Waals surface area contributed by atoms with Crippen LogP contribution in [0.4, 0.5) is 0 Å². The van der Waals surface area contributed by atoms with E-state index in [9.17, 15) is 9.59 Å². The van der Waals surface area contributed by atoms with Crippen LogP contribution in [-0.2, 0) is 11.2 Å². The average molecular weight is 389 g/mol. The van der Waals surface area contributed by atoms with Crippen LogP contribution in [0.25, 0.3) is 0 Å². The van der Waals surface area contributed by atoms with Crippen LogP contribution < -0.4 is 15.6 Å². The highest BCUT2D eigenvalue weighted by Gasteiger charge is 2.12. The molecule has 6 nitrogen and oxygen atoms in total. The number of amides is 2. The van der Waals surface area contributed by atoms with Crippen molar-refractivity contribution < 1.29 is 14.3 Å². The molecule has 0 unspecified atom stereocenters. The lowest BCUT2D eigenvalue weighted by Crippen LogP contribution is -2.44. The van der Waals surface area contributed by atoms with Gasteiger partial charge in [-0.15, -0.1) is 0 Å². The fraction of sp³-hybridized carbons (Fsp3) is 0.174. The number of carbonyl (C=O) groups excluding carboxylic acids is 2. The van der Waals surface area contributed by atoms with Gasteiger partial charge in [0.2, 0.25) is 0 Å². The number of para-hydroxylation sites is 1. The maximum absolute atomic E-state index is 12.2. The Morgan fingerprint density at radius 1 is 0.897 bits per heavy atom. The molecule has 0 atom stereocenters. The molecule has 0 radical (unpaired) electrons. The summed E-state index contributed by atoms with van der Waals surface area (Å²) in [5, 5.41) is 0. The second-order valence-corrected chi connectivity index (χ2v) is 6.65. The molecule has 1 heterocycles. The molecule has 0 bridgehead atoms. The number of aryl methyl sites for hydroxylation is 2. The lowest BCUT2D eigenvalue weighted by molar-refractivity contribution is -0.123. The Morgan fingerprint density at radius 2 is 1.62 bits per heavy atom. The van der Waals surface area contributed by atoms with Gasteiger partial charge in [-0.2, -0.15) is 0 Å². The molecule has 0 aliphatic heterocycles. The summed E-state index contributed by atoms with van der Waals surface area (Å²) >= 11 is 0. The van der Waals surface area contributed by atoms with Crippen molar-refractivity contribution in [3.63, 3.8) is 0 Å². The molecule has 1 aromatic heterocycles. The van der Waals surface area contributed by atoms with Crippen LogP contribution in [0.5, 0.6) is 5.75 Å². The molecule has 2 N–H and O–H groups in total. The average Bonchev–Trinajstić information content (AvgIpc) is 2.72. The second kappa shape index (κ2) is 9.50. The first-order valence-corrected chi connectivity index (χ1v) is 9.31. The number of rotatable bonds is 6. The van der Waals surface area contributed by atoms with Crippen LogP contribution in [0.1, 0.15) is 32.9 Å². The summed E-state index contributed by atoms with van der Waals surface area (Å²) in [6.45, 7) is 3.39. The molecule has 3 rings (SSSR count). The van der Waals surface area contributed by atoms with Crippen molar-refractivity contribution in [1.82, 2.24) is 15.8 Å². The number of pyridine rings is 1. The molecule has 0 saturated carbocycles. The van der Waals surface area contributed by atoms with Crippen LogP contribution in [0, 0.1) is 13.8 Å².